The first-order valence-electron chi connectivity index (χ1n) is 7.20. The molecule has 1 fully saturated rings. The molecule has 1 atom stereocenters. The Morgan fingerprint density at radius 1 is 1.50 bits per heavy atom. The molecule has 1 aliphatic carbocycles. The monoisotopic (exact) mass is 272 g/mol. The van der Waals surface area contributed by atoms with Crippen molar-refractivity contribution < 1.29 is 4.52 Å². The molecule has 5 nitrogen and oxygen atoms in total. The first kappa shape index (κ1) is 13.1. The van der Waals surface area contributed by atoms with E-state index in [9.17, 15) is 0 Å². The molecule has 2 heterocycles. The van der Waals surface area contributed by atoms with Crippen molar-refractivity contribution >= 4 is 0 Å². The summed E-state index contributed by atoms with van der Waals surface area (Å²) >= 11 is 0. The molecule has 0 amide bonds. The van der Waals surface area contributed by atoms with Gasteiger partial charge in [-0.05, 0) is 38.2 Å². The Labute approximate surface area is 118 Å². The van der Waals surface area contributed by atoms with Crippen LogP contribution in [0, 0.1) is 12.8 Å². The number of allylic oxidation sites excluding steroid dienone is 1. The van der Waals surface area contributed by atoms with Crippen LogP contribution >= 0.6 is 0 Å². The fourth-order valence-corrected chi connectivity index (χ4v) is 2.72. The molecular weight excluding hydrogens is 252 g/mol. The van der Waals surface area contributed by atoms with E-state index < -0.39 is 0 Å². The zero-order chi connectivity index (χ0) is 13.9. The van der Waals surface area contributed by atoms with E-state index in [-0.39, 0.29) is 0 Å². The Morgan fingerprint density at radius 3 is 3.10 bits per heavy atom. The number of rotatable bonds is 5. The van der Waals surface area contributed by atoms with E-state index in [4.69, 9.17) is 4.52 Å². The Kier molecular flexibility index (Phi) is 3.67. The molecule has 1 aliphatic rings. The van der Waals surface area contributed by atoms with Gasteiger partial charge in [0.2, 0.25) is 5.89 Å². The second-order valence-electron chi connectivity index (χ2n) is 5.53. The maximum Gasteiger partial charge on any atom is 0.228 e. The molecule has 0 bridgehead atoms. The SMILES string of the molecule is C=C1CCCC1Cc1noc(CCn2ccc(C)n2)n1. The molecule has 0 N–H and O–H groups in total. The summed E-state index contributed by atoms with van der Waals surface area (Å²) in [6.07, 6.45) is 7.15. The van der Waals surface area contributed by atoms with Gasteiger partial charge in [-0.25, -0.2) is 0 Å². The molecule has 0 radical (unpaired) electrons. The fourth-order valence-electron chi connectivity index (χ4n) is 2.72. The zero-order valence-electron chi connectivity index (χ0n) is 11.9. The lowest BCUT2D eigenvalue weighted by molar-refractivity contribution is 0.362. The number of aromatic nitrogens is 4. The van der Waals surface area contributed by atoms with Gasteiger partial charge in [0.15, 0.2) is 5.82 Å². The van der Waals surface area contributed by atoms with Crippen LogP contribution in [-0.4, -0.2) is 19.9 Å². The summed E-state index contributed by atoms with van der Waals surface area (Å²) in [5, 5.41) is 8.42. The Balaban J connectivity index is 1.55. The molecular formula is C15H20N4O. The van der Waals surface area contributed by atoms with E-state index in [0.29, 0.717) is 11.8 Å². The standard InChI is InChI=1S/C15H20N4O/c1-11-4-3-5-13(11)10-14-16-15(20-18-14)7-9-19-8-6-12(2)17-19/h6,8,13H,1,3-5,7,9-10H2,2H3. The quantitative estimate of drug-likeness (QED) is 0.785. The molecule has 2 aromatic rings. The summed E-state index contributed by atoms with van der Waals surface area (Å²) in [6.45, 7) is 6.87. The summed E-state index contributed by atoms with van der Waals surface area (Å²) in [7, 11) is 0. The molecule has 1 unspecified atom stereocenters. The third-order valence-corrected chi connectivity index (χ3v) is 3.90. The number of hydrogen-bond acceptors (Lipinski definition) is 4. The van der Waals surface area contributed by atoms with Crippen LogP contribution in [0.1, 0.15) is 36.7 Å². The smallest absolute Gasteiger partial charge is 0.228 e. The maximum absolute atomic E-state index is 5.31. The maximum atomic E-state index is 5.31. The molecule has 0 saturated heterocycles. The fraction of sp³-hybridized carbons (Fsp3) is 0.533. The number of aryl methyl sites for hydroxylation is 3. The van der Waals surface area contributed by atoms with E-state index in [0.717, 1.165) is 37.3 Å². The molecule has 5 heteroatoms. The van der Waals surface area contributed by atoms with Crippen LogP contribution < -0.4 is 0 Å². The van der Waals surface area contributed by atoms with Crippen molar-refractivity contribution in [2.45, 2.75) is 45.6 Å². The van der Waals surface area contributed by atoms with Gasteiger partial charge in [0.25, 0.3) is 0 Å². The minimum absolute atomic E-state index is 0.536. The summed E-state index contributed by atoms with van der Waals surface area (Å²) in [5.41, 5.74) is 2.36. The molecule has 0 aromatic carbocycles. The van der Waals surface area contributed by atoms with E-state index >= 15 is 0 Å². The molecule has 3 rings (SSSR count). The van der Waals surface area contributed by atoms with Gasteiger partial charge in [0.1, 0.15) is 0 Å². The summed E-state index contributed by atoms with van der Waals surface area (Å²) < 4.78 is 7.21. The number of nitrogens with zero attached hydrogens (tertiary/aromatic N) is 4. The van der Waals surface area contributed by atoms with Crippen molar-refractivity contribution in [3.63, 3.8) is 0 Å². The minimum atomic E-state index is 0.536. The number of hydrogen-bond donors (Lipinski definition) is 0. The van der Waals surface area contributed by atoms with E-state index in [1.165, 1.54) is 18.4 Å². The molecule has 0 aliphatic heterocycles. The average Bonchev–Trinajstić information content (AvgIpc) is 3.12. The third-order valence-electron chi connectivity index (χ3n) is 3.90. The van der Waals surface area contributed by atoms with Crippen LogP contribution in [0.3, 0.4) is 0 Å². The summed E-state index contributed by atoms with van der Waals surface area (Å²) in [5.74, 6) is 2.04. The van der Waals surface area contributed by atoms with Crippen LogP contribution in [0.5, 0.6) is 0 Å². The molecule has 2 aromatic heterocycles. The van der Waals surface area contributed by atoms with Gasteiger partial charge in [-0.2, -0.15) is 10.1 Å². The van der Waals surface area contributed by atoms with Gasteiger partial charge in [-0.15, -0.1) is 0 Å². The van der Waals surface area contributed by atoms with Gasteiger partial charge in [0.05, 0.1) is 5.69 Å². The predicted octanol–water partition coefficient (Wildman–Crippen LogP) is 2.72. The zero-order valence-corrected chi connectivity index (χ0v) is 11.9. The average molecular weight is 272 g/mol. The van der Waals surface area contributed by atoms with Gasteiger partial charge in [-0.1, -0.05) is 17.3 Å². The van der Waals surface area contributed by atoms with E-state index in [2.05, 4.69) is 21.8 Å². The largest absolute Gasteiger partial charge is 0.339 e. The van der Waals surface area contributed by atoms with Gasteiger partial charge in [-0.3, -0.25) is 4.68 Å². The van der Waals surface area contributed by atoms with Crippen molar-refractivity contribution in [2.24, 2.45) is 5.92 Å². The van der Waals surface area contributed by atoms with E-state index in [1.807, 2.05) is 23.9 Å². The first-order valence-corrected chi connectivity index (χ1v) is 7.20. The van der Waals surface area contributed by atoms with Gasteiger partial charge >= 0.3 is 0 Å². The second-order valence-corrected chi connectivity index (χ2v) is 5.53. The Hall–Kier alpha value is -1.91. The van der Waals surface area contributed by atoms with E-state index in [1.54, 1.807) is 0 Å². The van der Waals surface area contributed by atoms with Gasteiger partial charge in [0, 0.05) is 25.6 Å². The van der Waals surface area contributed by atoms with Crippen molar-refractivity contribution in [1.82, 2.24) is 19.9 Å². The van der Waals surface area contributed by atoms with Crippen LogP contribution in [0.4, 0.5) is 0 Å². The van der Waals surface area contributed by atoms with Crippen LogP contribution in [0.25, 0.3) is 0 Å². The van der Waals surface area contributed by atoms with Crippen molar-refractivity contribution in [3.05, 3.63) is 41.8 Å². The molecule has 106 valence electrons. The van der Waals surface area contributed by atoms with Crippen LogP contribution in [0.15, 0.2) is 28.9 Å². The third kappa shape index (κ3) is 2.98. The van der Waals surface area contributed by atoms with Gasteiger partial charge < -0.3 is 4.52 Å². The lowest BCUT2D eigenvalue weighted by Gasteiger charge is -2.06. The molecule has 0 spiro atoms. The summed E-state index contributed by atoms with van der Waals surface area (Å²) in [4.78, 5) is 4.47. The highest BCUT2D eigenvalue weighted by Crippen LogP contribution is 2.31. The van der Waals surface area contributed by atoms with Crippen molar-refractivity contribution in [3.8, 4) is 0 Å². The Bertz CT molecular complexity index is 599. The topological polar surface area (TPSA) is 56.7 Å². The molecule has 1 saturated carbocycles. The highest BCUT2D eigenvalue weighted by Gasteiger charge is 2.21. The van der Waals surface area contributed by atoms with Crippen molar-refractivity contribution in [1.29, 1.82) is 0 Å². The summed E-state index contributed by atoms with van der Waals surface area (Å²) in [6, 6.07) is 1.99. The lowest BCUT2D eigenvalue weighted by atomic mass is 10.0. The van der Waals surface area contributed by atoms with Crippen LogP contribution in [-0.2, 0) is 19.4 Å². The normalized spacial score (nSPS) is 18.9. The second kappa shape index (κ2) is 5.61. The lowest BCUT2D eigenvalue weighted by Crippen LogP contribution is -2.04. The Morgan fingerprint density at radius 2 is 2.40 bits per heavy atom. The van der Waals surface area contributed by atoms with Crippen molar-refractivity contribution in [2.75, 3.05) is 0 Å². The first-order chi connectivity index (χ1) is 9.70. The van der Waals surface area contributed by atoms with Crippen LogP contribution in [0.2, 0.25) is 0 Å². The molecule has 20 heavy (non-hydrogen) atoms. The highest BCUT2D eigenvalue weighted by molar-refractivity contribution is 5.08. The predicted molar refractivity (Wildman–Crippen MR) is 75.2 cm³/mol. The minimum Gasteiger partial charge on any atom is -0.339 e. The highest BCUT2D eigenvalue weighted by atomic mass is 16.5.